The van der Waals surface area contributed by atoms with Gasteiger partial charge in [0.15, 0.2) is 0 Å². The summed E-state index contributed by atoms with van der Waals surface area (Å²) in [7, 11) is 0. The van der Waals surface area contributed by atoms with E-state index < -0.39 is 18.0 Å². The molecule has 5 heteroatoms. The molecule has 2 atom stereocenters. The van der Waals surface area contributed by atoms with Crippen molar-refractivity contribution in [2.45, 2.75) is 45.2 Å². The van der Waals surface area contributed by atoms with E-state index in [1.54, 1.807) is 0 Å². The summed E-state index contributed by atoms with van der Waals surface area (Å²) in [5, 5.41) is 11.6. The molecule has 0 heterocycles. The van der Waals surface area contributed by atoms with E-state index in [-0.39, 0.29) is 19.3 Å². The van der Waals surface area contributed by atoms with Crippen LogP contribution in [-0.2, 0) is 0 Å². The van der Waals surface area contributed by atoms with Gasteiger partial charge in [0, 0.05) is 0 Å². The molecule has 0 aromatic rings. The average molecular weight is 223 g/mol. The average Bonchev–Trinajstić information content (AvgIpc) is 2.16. The Bertz CT molecular complexity index is 237. The summed E-state index contributed by atoms with van der Waals surface area (Å²) >= 11 is 0. The summed E-state index contributed by atoms with van der Waals surface area (Å²) in [5.74, 6) is -1.63. The molecule has 0 aromatic carbocycles. The van der Waals surface area contributed by atoms with Crippen LogP contribution in [0.3, 0.4) is 0 Å². The number of nitrogens with zero attached hydrogens (tertiary/aromatic N) is 1. The highest BCUT2D eigenvalue weighted by atomic mass is 19.4. The van der Waals surface area contributed by atoms with Crippen molar-refractivity contribution < 1.29 is 18.4 Å². The van der Waals surface area contributed by atoms with E-state index in [1.165, 1.54) is 0 Å². The Morgan fingerprint density at radius 3 is 2.60 bits per heavy atom. The maximum absolute atomic E-state index is 12.6. The molecule has 1 rings (SSSR count). The molecule has 1 aliphatic carbocycles. The van der Waals surface area contributed by atoms with Crippen LogP contribution in [0.2, 0.25) is 0 Å². The molecule has 0 radical (unpaired) electrons. The maximum Gasteiger partial charge on any atom is 0.392 e. The van der Waals surface area contributed by atoms with Crippen LogP contribution < -0.4 is 0 Å². The molecule has 88 valence electrons. The van der Waals surface area contributed by atoms with Crippen molar-refractivity contribution in [2.75, 3.05) is 0 Å². The van der Waals surface area contributed by atoms with Gasteiger partial charge in [-0.1, -0.05) is 18.5 Å². The Kier molecular flexibility index (Phi) is 3.99. The van der Waals surface area contributed by atoms with Gasteiger partial charge in [-0.2, -0.15) is 13.2 Å². The highest BCUT2D eigenvalue weighted by molar-refractivity contribution is 5.84. The summed E-state index contributed by atoms with van der Waals surface area (Å²) in [4.78, 5) is 0. The highest BCUT2D eigenvalue weighted by Crippen LogP contribution is 2.42. The quantitative estimate of drug-likeness (QED) is 0.563. The smallest absolute Gasteiger partial charge is 0.392 e. The molecule has 0 amide bonds. The molecule has 2 nitrogen and oxygen atoms in total. The standard InChI is InChI=1S/C10H16F3NO/c1-2-3-7-6-8(14-15)4-5-9(7)10(11,12)13/h7,9,15H,2-6H2,1H3/b14-8-. The molecule has 1 fully saturated rings. The zero-order valence-corrected chi connectivity index (χ0v) is 8.72. The molecule has 0 spiro atoms. The summed E-state index contributed by atoms with van der Waals surface area (Å²) in [6.07, 6.45) is -2.22. The number of halogens is 3. The lowest BCUT2D eigenvalue weighted by atomic mass is 9.76. The summed E-state index contributed by atoms with van der Waals surface area (Å²) in [5.41, 5.74) is 0.508. The minimum atomic E-state index is -4.11. The third-order valence-corrected chi connectivity index (χ3v) is 3.03. The van der Waals surface area contributed by atoms with Crippen LogP contribution in [0, 0.1) is 11.8 Å². The summed E-state index contributed by atoms with van der Waals surface area (Å²) < 4.78 is 37.9. The lowest BCUT2D eigenvalue weighted by molar-refractivity contribution is -0.192. The van der Waals surface area contributed by atoms with Crippen molar-refractivity contribution in [1.29, 1.82) is 0 Å². The van der Waals surface area contributed by atoms with Crippen LogP contribution in [-0.4, -0.2) is 17.1 Å². The van der Waals surface area contributed by atoms with E-state index in [9.17, 15) is 13.2 Å². The van der Waals surface area contributed by atoms with E-state index in [0.717, 1.165) is 6.42 Å². The molecule has 1 N–H and O–H groups in total. The Labute approximate surface area is 87.2 Å². The third-order valence-electron chi connectivity index (χ3n) is 3.03. The van der Waals surface area contributed by atoms with Gasteiger partial charge >= 0.3 is 6.18 Å². The monoisotopic (exact) mass is 223 g/mol. The fraction of sp³-hybridized carbons (Fsp3) is 0.900. The lowest BCUT2D eigenvalue weighted by Crippen LogP contribution is -2.35. The van der Waals surface area contributed by atoms with Crippen LogP contribution >= 0.6 is 0 Å². The van der Waals surface area contributed by atoms with E-state index >= 15 is 0 Å². The Morgan fingerprint density at radius 1 is 1.47 bits per heavy atom. The van der Waals surface area contributed by atoms with Gasteiger partial charge in [-0.3, -0.25) is 0 Å². The zero-order chi connectivity index (χ0) is 11.5. The minimum Gasteiger partial charge on any atom is -0.411 e. The van der Waals surface area contributed by atoms with Gasteiger partial charge in [0.25, 0.3) is 0 Å². The van der Waals surface area contributed by atoms with Gasteiger partial charge in [0.2, 0.25) is 0 Å². The van der Waals surface area contributed by atoms with Crippen LogP contribution in [0.4, 0.5) is 13.2 Å². The number of hydrogen-bond donors (Lipinski definition) is 1. The van der Waals surface area contributed by atoms with Gasteiger partial charge in [-0.25, -0.2) is 0 Å². The second kappa shape index (κ2) is 4.86. The van der Waals surface area contributed by atoms with Crippen molar-refractivity contribution in [3.05, 3.63) is 0 Å². The number of alkyl halides is 3. The fourth-order valence-corrected chi connectivity index (χ4v) is 2.30. The predicted molar refractivity (Wildman–Crippen MR) is 51.0 cm³/mol. The van der Waals surface area contributed by atoms with E-state index in [1.807, 2.05) is 6.92 Å². The molecule has 0 aromatic heterocycles. The van der Waals surface area contributed by atoms with Crippen molar-refractivity contribution in [3.63, 3.8) is 0 Å². The highest BCUT2D eigenvalue weighted by Gasteiger charge is 2.46. The normalized spacial score (nSPS) is 30.8. The predicted octanol–water partition coefficient (Wildman–Crippen LogP) is 3.60. The van der Waals surface area contributed by atoms with Crippen LogP contribution in [0.25, 0.3) is 0 Å². The van der Waals surface area contributed by atoms with Crippen molar-refractivity contribution in [2.24, 2.45) is 17.0 Å². The molecule has 15 heavy (non-hydrogen) atoms. The number of hydrogen-bond acceptors (Lipinski definition) is 2. The SMILES string of the molecule is CCCC1C/C(=N\O)CCC1C(F)(F)F. The van der Waals surface area contributed by atoms with Gasteiger partial charge in [-0.15, -0.1) is 0 Å². The molecular weight excluding hydrogens is 207 g/mol. The largest absolute Gasteiger partial charge is 0.411 e. The van der Waals surface area contributed by atoms with E-state index in [4.69, 9.17) is 5.21 Å². The van der Waals surface area contributed by atoms with Gasteiger partial charge < -0.3 is 5.21 Å². The minimum absolute atomic E-state index is 0.0631. The Hall–Kier alpha value is -0.740. The van der Waals surface area contributed by atoms with E-state index in [2.05, 4.69) is 5.16 Å². The zero-order valence-electron chi connectivity index (χ0n) is 8.72. The Morgan fingerprint density at radius 2 is 2.13 bits per heavy atom. The van der Waals surface area contributed by atoms with Crippen molar-refractivity contribution in [1.82, 2.24) is 0 Å². The first-order valence-corrected chi connectivity index (χ1v) is 5.25. The number of oxime groups is 1. The lowest BCUT2D eigenvalue weighted by Gasteiger charge is -2.33. The molecule has 0 bridgehead atoms. The maximum atomic E-state index is 12.6. The number of rotatable bonds is 2. The molecule has 1 saturated carbocycles. The van der Waals surface area contributed by atoms with Crippen LogP contribution in [0.1, 0.15) is 39.0 Å². The van der Waals surface area contributed by atoms with Gasteiger partial charge in [0.05, 0.1) is 11.6 Å². The van der Waals surface area contributed by atoms with Crippen molar-refractivity contribution >= 4 is 5.71 Å². The first kappa shape index (κ1) is 12.3. The second-order valence-corrected chi connectivity index (χ2v) is 4.11. The van der Waals surface area contributed by atoms with Gasteiger partial charge in [0.1, 0.15) is 0 Å². The molecule has 1 aliphatic rings. The van der Waals surface area contributed by atoms with Crippen molar-refractivity contribution in [3.8, 4) is 0 Å². The van der Waals surface area contributed by atoms with Crippen LogP contribution in [0.15, 0.2) is 5.16 Å². The molecule has 0 aliphatic heterocycles. The van der Waals surface area contributed by atoms with Crippen LogP contribution in [0.5, 0.6) is 0 Å². The Balaban J connectivity index is 2.71. The van der Waals surface area contributed by atoms with Gasteiger partial charge in [-0.05, 0) is 31.6 Å². The first-order chi connectivity index (χ1) is 6.99. The summed E-state index contributed by atoms with van der Waals surface area (Å²) in [6, 6.07) is 0. The van der Waals surface area contributed by atoms with E-state index in [0.29, 0.717) is 12.1 Å². The molecular formula is C10H16F3NO. The molecule has 2 unspecified atom stereocenters. The molecule has 0 saturated heterocycles. The topological polar surface area (TPSA) is 32.6 Å². The first-order valence-electron chi connectivity index (χ1n) is 5.25. The second-order valence-electron chi connectivity index (χ2n) is 4.11. The third kappa shape index (κ3) is 3.11. The fourth-order valence-electron chi connectivity index (χ4n) is 2.30. The summed E-state index contributed by atoms with van der Waals surface area (Å²) in [6.45, 7) is 1.87.